The first-order valence-electron chi connectivity index (χ1n) is 9.78. The van der Waals surface area contributed by atoms with E-state index in [9.17, 15) is 18.0 Å². The molecule has 4 rings (SSSR count). The summed E-state index contributed by atoms with van der Waals surface area (Å²) in [5.74, 6) is 0.422. The average molecular weight is 454 g/mol. The van der Waals surface area contributed by atoms with Crippen molar-refractivity contribution in [1.82, 2.24) is 19.2 Å². The predicted octanol–water partition coefficient (Wildman–Crippen LogP) is 3.44. The van der Waals surface area contributed by atoms with E-state index < -0.39 is 6.36 Å². The zero-order valence-corrected chi connectivity index (χ0v) is 17.3. The maximum atomic E-state index is 12.5. The number of amides is 2. The van der Waals surface area contributed by atoms with Gasteiger partial charge in [0, 0.05) is 51.7 Å². The fourth-order valence-corrected chi connectivity index (χ4v) is 4.40. The van der Waals surface area contributed by atoms with Crippen LogP contribution in [0.2, 0.25) is 0 Å². The third kappa shape index (κ3) is 5.70. The third-order valence-electron chi connectivity index (χ3n) is 4.91. The second-order valence-corrected chi connectivity index (χ2v) is 8.12. The lowest BCUT2D eigenvalue weighted by Crippen LogP contribution is -2.47. The molecule has 12 heteroatoms. The molecule has 2 aromatic rings. The lowest BCUT2D eigenvalue weighted by atomic mass is 10.3. The number of ether oxygens (including phenoxy) is 1. The molecule has 2 aliphatic rings. The van der Waals surface area contributed by atoms with Crippen molar-refractivity contribution in [2.24, 2.45) is 0 Å². The molecule has 1 N–H and O–H groups in total. The molecule has 0 bridgehead atoms. The van der Waals surface area contributed by atoms with Crippen LogP contribution in [0.25, 0.3) is 0 Å². The fourth-order valence-electron chi connectivity index (χ4n) is 3.43. The molecule has 2 amide bonds. The Bertz CT molecular complexity index is 909. The molecule has 8 nitrogen and oxygen atoms in total. The summed E-state index contributed by atoms with van der Waals surface area (Å²) in [6.07, 6.45) is -0.553. The number of anilines is 2. The standard InChI is InChI=1S/C19H21F3N6O2S/c20-19(21,22)30-14-3-4-15-16(13-14)31-28(18(29)25-15)8-2-7-26-9-11-27(12-10-26)17-23-5-1-6-24-17/h1,3-6,13H,2,7-12H2,(H,25,29). The SMILES string of the molecule is O=C1Nc2ccc(OC(F)(F)F)cc2SN1CCCN1CCN(c2ncccn2)CC1. The molecule has 31 heavy (non-hydrogen) atoms. The molecule has 1 fully saturated rings. The number of alkyl halides is 3. The van der Waals surface area contributed by atoms with Crippen molar-refractivity contribution in [1.29, 1.82) is 0 Å². The van der Waals surface area contributed by atoms with Gasteiger partial charge in [-0.2, -0.15) is 0 Å². The van der Waals surface area contributed by atoms with Crippen molar-refractivity contribution in [3.63, 3.8) is 0 Å². The first-order valence-corrected chi connectivity index (χ1v) is 10.6. The summed E-state index contributed by atoms with van der Waals surface area (Å²) in [7, 11) is 0. The summed E-state index contributed by atoms with van der Waals surface area (Å²) in [5.41, 5.74) is 0.472. The number of fused-ring (bicyclic) bond motifs is 1. The van der Waals surface area contributed by atoms with E-state index in [0.717, 1.165) is 57.0 Å². The molecule has 1 aromatic carbocycles. The highest BCUT2D eigenvalue weighted by molar-refractivity contribution is 7.97. The molecule has 1 saturated heterocycles. The van der Waals surface area contributed by atoms with E-state index in [1.54, 1.807) is 18.5 Å². The minimum Gasteiger partial charge on any atom is -0.406 e. The van der Waals surface area contributed by atoms with E-state index in [4.69, 9.17) is 0 Å². The Hall–Kier alpha value is -2.73. The Balaban J connectivity index is 1.25. The molecular weight excluding hydrogens is 433 g/mol. The minimum absolute atomic E-state index is 0.284. The number of rotatable bonds is 6. The number of carbonyl (C=O) groups excluding carboxylic acids is 1. The Morgan fingerprint density at radius 2 is 1.84 bits per heavy atom. The quantitative estimate of drug-likeness (QED) is 0.671. The van der Waals surface area contributed by atoms with Crippen LogP contribution in [0.5, 0.6) is 5.75 Å². The van der Waals surface area contributed by atoms with Crippen molar-refractivity contribution in [3.8, 4) is 5.75 Å². The van der Waals surface area contributed by atoms with Crippen molar-refractivity contribution in [3.05, 3.63) is 36.7 Å². The summed E-state index contributed by atoms with van der Waals surface area (Å²) < 4.78 is 42.8. The molecule has 3 heterocycles. The monoisotopic (exact) mass is 454 g/mol. The number of piperazine rings is 1. The minimum atomic E-state index is -4.76. The number of hydrogen-bond acceptors (Lipinski definition) is 7. The molecular formula is C19H21F3N6O2S. The van der Waals surface area contributed by atoms with Gasteiger partial charge in [0.2, 0.25) is 5.95 Å². The van der Waals surface area contributed by atoms with Crippen molar-refractivity contribution in [2.45, 2.75) is 17.7 Å². The summed E-state index contributed by atoms with van der Waals surface area (Å²) in [5, 5.41) is 2.71. The first-order chi connectivity index (χ1) is 14.9. The van der Waals surface area contributed by atoms with Crippen LogP contribution in [0.4, 0.5) is 29.6 Å². The van der Waals surface area contributed by atoms with Gasteiger partial charge in [-0.15, -0.1) is 13.2 Å². The lowest BCUT2D eigenvalue weighted by molar-refractivity contribution is -0.274. The van der Waals surface area contributed by atoms with E-state index in [-0.39, 0.29) is 11.8 Å². The van der Waals surface area contributed by atoms with Gasteiger partial charge in [-0.25, -0.2) is 14.8 Å². The molecule has 0 aliphatic carbocycles. The van der Waals surface area contributed by atoms with Crippen LogP contribution in [-0.2, 0) is 0 Å². The molecule has 1 aromatic heterocycles. The van der Waals surface area contributed by atoms with Crippen molar-refractivity contribution in [2.75, 3.05) is 49.5 Å². The van der Waals surface area contributed by atoms with Crippen LogP contribution in [0, 0.1) is 0 Å². The van der Waals surface area contributed by atoms with Gasteiger partial charge in [0.05, 0.1) is 10.6 Å². The van der Waals surface area contributed by atoms with Gasteiger partial charge in [-0.05, 0) is 42.6 Å². The van der Waals surface area contributed by atoms with Gasteiger partial charge in [0.25, 0.3) is 0 Å². The highest BCUT2D eigenvalue weighted by Crippen LogP contribution is 2.38. The van der Waals surface area contributed by atoms with Gasteiger partial charge in [-0.3, -0.25) is 9.21 Å². The molecule has 0 radical (unpaired) electrons. The molecule has 0 spiro atoms. The number of aromatic nitrogens is 2. The van der Waals surface area contributed by atoms with Gasteiger partial charge >= 0.3 is 12.4 Å². The van der Waals surface area contributed by atoms with E-state index in [2.05, 4.69) is 29.8 Å². The predicted molar refractivity (Wildman–Crippen MR) is 110 cm³/mol. The Morgan fingerprint density at radius 3 is 2.55 bits per heavy atom. The summed E-state index contributed by atoms with van der Waals surface area (Å²) in [6.45, 7) is 4.70. The van der Waals surface area contributed by atoms with E-state index >= 15 is 0 Å². The molecule has 0 unspecified atom stereocenters. The Morgan fingerprint density at radius 1 is 1.10 bits per heavy atom. The fraction of sp³-hybridized carbons (Fsp3) is 0.421. The number of nitrogens with zero attached hydrogens (tertiary/aromatic N) is 5. The molecule has 0 atom stereocenters. The van der Waals surface area contributed by atoms with Crippen LogP contribution in [0.15, 0.2) is 41.6 Å². The van der Waals surface area contributed by atoms with E-state index in [1.165, 1.54) is 22.5 Å². The molecule has 0 saturated carbocycles. The number of halogens is 3. The number of urea groups is 1. The summed E-state index contributed by atoms with van der Waals surface area (Å²) >= 11 is 1.12. The van der Waals surface area contributed by atoms with Crippen molar-refractivity contribution >= 4 is 29.6 Å². The zero-order chi connectivity index (χ0) is 21.8. The summed E-state index contributed by atoms with van der Waals surface area (Å²) in [4.78, 5) is 25.8. The van der Waals surface area contributed by atoms with Crippen LogP contribution < -0.4 is 15.0 Å². The molecule has 166 valence electrons. The first kappa shape index (κ1) is 21.5. The number of hydrogen-bond donors (Lipinski definition) is 1. The summed E-state index contributed by atoms with van der Waals surface area (Å²) in [6, 6.07) is 5.38. The zero-order valence-electron chi connectivity index (χ0n) is 16.5. The van der Waals surface area contributed by atoms with Gasteiger partial charge in [-0.1, -0.05) is 0 Å². The second kappa shape index (κ2) is 9.18. The van der Waals surface area contributed by atoms with Gasteiger partial charge in [0.1, 0.15) is 5.75 Å². The van der Waals surface area contributed by atoms with E-state index in [0.29, 0.717) is 17.1 Å². The maximum Gasteiger partial charge on any atom is 0.573 e. The number of nitrogens with one attached hydrogen (secondary N) is 1. The van der Waals surface area contributed by atoms with Gasteiger partial charge < -0.3 is 15.0 Å². The maximum absolute atomic E-state index is 12.5. The van der Waals surface area contributed by atoms with Crippen LogP contribution in [-0.4, -0.2) is 70.8 Å². The topological polar surface area (TPSA) is 73.8 Å². The highest BCUT2D eigenvalue weighted by atomic mass is 32.2. The third-order valence-corrected chi connectivity index (χ3v) is 6.01. The highest BCUT2D eigenvalue weighted by Gasteiger charge is 2.32. The normalized spacial score (nSPS) is 17.3. The second-order valence-electron chi connectivity index (χ2n) is 7.06. The van der Waals surface area contributed by atoms with E-state index in [1.807, 2.05) is 0 Å². The van der Waals surface area contributed by atoms with Crippen LogP contribution in [0.1, 0.15) is 6.42 Å². The average Bonchev–Trinajstić information content (AvgIpc) is 2.74. The van der Waals surface area contributed by atoms with Crippen molar-refractivity contribution < 1.29 is 22.7 Å². The smallest absolute Gasteiger partial charge is 0.406 e. The van der Waals surface area contributed by atoms with Gasteiger partial charge in [0.15, 0.2) is 0 Å². The largest absolute Gasteiger partial charge is 0.573 e. The lowest BCUT2D eigenvalue weighted by Gasteiger charge is -2.35. The van der Waals surface area contributed by atoms with Crippen LogP contribution in [0.3, 0.4) is 0 Å². The number of benzene rings is 1. The van der Waals surface area contributed by atoms with Crippen LogP contribution >= 0.6 is 11.9 Å². The Labute approximate surface area is 181 Å². The molecule has 2 aliphatic heterocycles. The number of carbonyl (C=O) groups is 1. The Kier molecular flexibility index (Phi) is 6.37.